The second-order valence-corrected chi connectivity index (χ2v) is 4.88. The summed E-state index contributed by atoms with van der Waals surface area (Å²) >= 11 is 0. The van der Waals surface area contributed by atoms with Gasteiger partial charge in [0.15, 0.2) is 5.65 Å². The fourth-order valence-corrected chi connectivity index (χ4v) is 3.04. The van der Waals surface area contributed by atoms with E-state index in [0.29, 0.717) is 6.04 Å². The maximum atomic E-state index is 4.61. The molecule has 0 bridgehead atoms. The topological polar surface area (TPSA) is 45.5 Å². The minimum absolute atomic E-state index is 0.590. The van der Waals surface area contributed by atoms with Crippen molar-refractivity contribution >= 4 is 11.6 Å². The minimum atomic E-state index is 0.590. The molecule has 2 aliphatic rings. The van der Waals surface area contributed by atoms with Crippen molar-refractivity contribution in [2.45, 2.75) is 12.5 Å². The van der Waals surface area contributed by atoms with Crippen molar-refractivity contribution in [2.24, 2.45) is 5.92 Å². The quantitative estimate of drug-likeness (QED) is 0.774. The number of rotatable bonds is 1. The van der Waals surface area contributed by atoms with E-state index in [1.165, 1.54) is 6.42 Å². The number of nitrogens with zero attached hydrogens (tertiary/aromatic N) is 4. The van der Waals surface area contributed by atoms with E-state index in [4.69, 9.17) is 0 Å². The van der Waals surface area contributed by atoms with Crippen molar-refractivity contribution < 1.29 is 0 Å². The van der Waals surface area contributed by atoms with Gasteiger partial charge in [-0.1, -0.05) is 6.07 Å². The van der Waals surface area contributed by atoms with Gasteiger partial charge in [0, 0.05) is 31.9 Å². The fourth-order valence-electron chi connectivity index (χ4n) is 3.04. The molecule has 0 aromatic carbocycles. The fraction of sp³-hybridized carbons (Fsp3) is 0.500. The summed E-state index contributed by atoms with van der Waals surface area (Å²) in [5.74, 6) is 1.66. The van der Waals surface area contributed by atoms with Crippen molar-refractivity contribution in [3.05, 3.63) is 24.4 Å². The average Bonchev–Trinajstić information content (AvgIpc) is 3.02. The van der Waals surface area contributed by atoms with E-state index < -0.39 is 0 Å². The maximum Gasteiger partial charge on any atom is 0.245 e. The molecular weight excluding hydrogens is 214 g/mol. The zero-order chi connectivity index (χ0) is 11.2. The van der Waals surface area contributed by atoms with Gasteiger partial charge in [0.1, 0.15) is 0 Å². The Morgan fingerprint density at radius 2 is 2.29 bits per heavy atom. The monoisotopic (exact) mass is 229 g/mol. The molecule has 4 rings (SSSR count). The summed E-state index contributed by atoms with van der Waals surface area (Å²) in [6.07, 6.45) is 3.21. The van der Waals surface area contributed by atoms with Gasteiger partial charge in [0.05, 0.1) is 0 Å². The molecule has 5 heteroatoms. The number of aromatic nitrogens is 3. The van der Waals surface area contributed by atoms with Gasteiger partial charge in [-0.3, -0.25) is 0 Å². The second kappa shape index (κ2) is 3.43. The van der Waals surface area contributed by atoms with Gasteiger partial charge in [0.2, 0.25) is 5.95 Å². The van der Waals surface area contributed by atoms with Crippen LogP contribution in [0.3, 0.4) is 0 Å². The van der Waals surface area contributed by atoms with Crippen LogP contribution >= 0.6 is 0 Å². The third kappa shape index (κ3) is 1.35. The lowest BCUT2D eigenvalue weighted by Crippen LogP contribution is -2.34. The van der Waals surface area contributed by atoms with Crippen molar-refractivity contribution in [1.82, 2.24) is 19.9 Å². The van der Waals surface area contributed by atoms with E-state index in [9.17, 15) is 0 Å². The van der Waals surface area contributed by atoms with E-state index in [0.717, 1.165) is 37.1 Å². The Balaban J connectivity index is 1.74. The largest absolute Gasteiger partial charge is 0.335 e. The molecule has 0 spiro atoms. The van der Waals surface area contributed by atoms with Crippen LogP contribution in [-0.2, 0) is 0 Å². The smallest absolute Gasteiger partial charge is 0.245 e. The highest BCUT2D eigenvalue weighted by Crippen LogP contribution is 2.30. The molecule has 0 unspecified atom stereocenters. The highest BCUT2D eigenvalue weighted by Gasteiger charge is 2.39. The molecule has 2 aliphatic heterocycles. The standard InChI is InChI=1S/C12H15N5/c1-2-5-17-11(3-1)14-12(15-17)16-6-4-9-7-13-8-10(9)16/h1-3,5,9-10,13H,4,6-8H2/t9-,10+/m0/s1. The maximum absolute atomic E-state index is 4.61. The van der Waals surface area contributed by atoms with Crippen molar-refractivity contribution in [3.8, 4) is 0 Å². The number of nitrogens with one attached hydrogen (secondary N) is 1. The van der Waals surface area contributed by atoms with Crippen LogP contribution in [0.1, 0.15) is 6.42 Å². The molecule has 2 saturated heterocycles. The summed E-state index contributed by atoms with van der Waals surface area (Å²) in [7, 11) is 0. The van der Waals surface area contributed by atoms with Crippen LogP contribution in [0, 0.1) is 5.92 Å². The molecule has 5 nitrogen and oxygen atoms in total. The first-order valence-electron chi connectivity index (χ1n) is 6.20. The van der Waals surface area contributed by atoms with Gasteiger partial charge >= 0.3 is 0 Å². The molecule has 2 aromatic rings. The Morgan fingerprint density at radius 1 is 1.29 bits per heavy atom. The van der Waals surface area contributed by atoms with Crippen LogP contribution in [0.2, 0.25) is 0 Å². The summed E-state index contributed by atoms with van der Waals surface area (Å²) in [4.78, 5) is 6.96. The highest BCUT2D eigenvalue weighted by molar-refractivity contribution is 5.46. The Morgan fingerprint density at radius 3 is 3.24 bits per heavy atom. The number of hydrogen-bond acceptors (Lipinski definition) is 4. The predicted octanol–water partition coefficient (Wildman–Crippen LogP) is 0.527. The summed E-state index contributed by atoms with van der Waals surface area (Å²) in [5, 5.41) is 8.01. The molecule has 0 saturated carbocycles. The molecule has 1 N–H and O–H groups in total. The molecule has 0 amide bonds. The normalized spacial score (nSPS) is 27.9. The van der Waals surface area contributed by atoms with E-state index in [2.05, 4.69) is 20.3 Å². The predicted molar refractivity (Wildman–Crippen MR) is 65.1 cm³/mol. The van der Waals surface area contributed by atoms with Crippen molar-refractivity contribution in [1.29, 1.82) is 0 Å². The number of hydrogen-bond donors (Lipinski definition) is 1. The molecule has 4 heterocycles. The van der Waals surface area contributed by atoms with Gasteiger partial charge in [-0.15, -0.1) is 5.10 Å². The molecule has 0 radical (unpaired) electrons. The second-order valence-electron chi connectivity index (χ2n) is 4.88. The van der Waals surface area contributed by atoms with Gasteiger partial charge in [0.25, 0.3) is 0 Å². The third-order valence-electron chi connectivity index (χ3n) is 3.93. The Bertz CT molecular complexity index is 516. The molecule has 2 atom stereocenters. The summed E-state index contributed by atoms with van der Waals surface area (Å²) < 4.78 is 1.85. The van der Waals surface area contributed by atoms with Crippen LogP contribution < -0.4 is 10.2 Å². The molecule has 2 fully saturated rings. The Kier molecular flexibility index (Phi) is 1.90. The van der Waals surface area contributed by atoms with E-state index in [1.807, 2.05) is 28.9 Å². The number of anilines is 1. The van der Waals surface area contributed by atoms with Gasteiger partial charge in [-0.2, -0.15) is 4.98 Å². The molecule has 2 aromatic heterocycles. The number of pyridine rings is 1. The lowest BCUT2D eigenvalue weighted by atomic mass is 10.1. The highest BCUT2D eigenvalue weighted by atomic mass is 15.4. The Labute approximate surface area is 99.4 Å². The van der Waals surface area contributed by atoms with E-state index >= 15 is 0 Å². The van der Waals surface area contributed by atoms with E-state index in [1.54, 1.807) is 0 Å². The first-order valence-corrected chi connectivity index (χ1v) is 6.20. The van der Waals surface area contributed by atoms with Crippen LogP contribution in [0.15, 0.2) is 24.4 Å². The molecule has 88 valence electrons. The van der Waals surface area contributed by atoms with Crippen LogP contribution in [0.25, 0.3) is 5.65 Å². The lowest BCUT2D eigenvalue weighted by molar-refractivity contribution is 0.576. The molecular formula is C12H15N5. The summed E-state index contributed by atoms with van der Waals surface area (Å²) in [6.45, 7) is 3.31. The summed E-state index contributed by atoms with van der Waals surface area (Å²) in [6, 6.07) is 6.57. The van der Waals surface area contributed by atoms with Gasteiger partial charge in [-0.05, 0) is 24.5 Å². The first-order chi connectivity index (χ1) is 8.42. The van der Waals surface area contributed by atoms with E-state index in [-0.39, 0.29) is 0 Å². The van der Waals surface area contributed by atoms with Crippen molar-refractivity contribution in [2.75, 3.05) is 24.5 Å². The molecule has 0 aliphatic carbocycles. The zero-order valence-corrected chi connectivity index (χ0v) is 9.58. The average molecular weight is 229 g/mol. The van der Waals surface area contributed by atoms with Gasteiger partial charge in [-0.25, -0.2) is 4.52 Å². The van der Waals surface area contributed by atoms with Crippen LogP contribution in [0.5, 0.6) is 0 Å². The lowest BCUT2D eigenvalue weighted by Gasteiger charge is -2.21. The van der Waals surface area contributed by atoms with Crippen LogP contribution in [-0.4, -0.2) is 40.3 Å². The summed E-state index contributed by atoms with van der Waals surface area (Å²) in [5.41, 5.74) is 0.928. The van der Waals surface area contributed by atoms with Gasteiger partial charge < -0.3 is 10.2 Å². The Hall–Kier alpha value is -1.62. The SMILES string of the molecule is c1ccn2nc(N3CC[C@H]4CNC[C@H]43)nc2c1. The first kappa shape index (κ1) is 9.41. The molecule has 17 heavy (non-hydrogen) atoms. The number of fused-ring (bicyclic) bond motifs is 2. The van der Waals surface area contributed by atoms with Crippen LogP contribution in [0.4, 0.5) is 5.95 Å². The zero-order valence-electron chi connectivity index (χ0n) is 9.58. The third-order valence-corrected chi connectivity index (χ3v) is 3.93. The minimum Gasteiger partial charge on any atom is -0.335 e. The van der Waals surface area contributed by atoms with Crippen molar-refractivity contribution in [3.63, 3.8) is 0 Å².